The summed E-state index contributed by atoms with van der Waals surface area (Å²) in [5.74, 6) is 0.296. The number of hydrogen-bond acceptors (Lipinski definition) is 1. The SMILES string of the molecule is CN=C(NCC(C)c1ccc(F)cc1F)NC1CC1C. The Hall–Kier alpha value is -1.65. The lowest BCUT2D eigenvalue weighted by Gasteiger charge is -2.17. The molecule has 0 saturated heterocycles. The Labute approximate surface area is 118 Å². The van der Waals surface area contributed by atoms with Crippen LogP contribution in [0.25, 0.3) is 0 Å². The van der Waals surface area contributed by atoms with Crippen LogP contribution in [0, 0.1) is 17.6 Å². The first-order chi connectivity index (χ1) is 9.51. The van der Waals surface area contributed by atoms with Crippen molar-refractivity contribution in [1.29, 1.82) is 0 Å². The van der Waals surface area contributed by atoms with E-state index in [1.165, 1.54) is 12.1 Å². The number of hydrogen-bond donors (Lipinski definition) is 2. The van der Waals surface area contributed by atoms with Crippen molar-refractivity contribution in [3.05, 3.63) is 35.4 Å². The highest BCUT2D eigenvalue weighted by atomic mass is 19.1. The highest BCUT2D eigenvalue weighted by Gasteiger charge is 2.33. The Morgan fingerprint density at radius 2 is 2.15 bits per heavy atom. The van der Waals surface area contributed by atoms with Crippen LogP contribution in [0.5, 0.6) is 0 Å². The average molecular weight is 281 g/mol. The van der Waals surface area contributed by atoms with E-state index in [-0.39, 0.29) is 5.92 Å². The maximum Gasteiger partial charge on any atom is 0.191 e. The van der Waals surface area contributed by atoms with Crippen molar-refractivity contribution < 1.29 is 8.78 Å². The summed E-state index contributed by atoms with van der Waals surface area (Å²) in [7, 11) is 1.71. The summed E-state index contributed by atoms with van der Waals surface area (Å²) >= 11 is 0. The van der Waals surface area contributed by atoms with Crippen LogP contribution in [0.1, 0.15) is 31.7 Å². The van der Waals surface area contributed by atoms with Gasteiger partial charge in [0, 0.05) is 31.6 Å². The van der Waals surface area contributed by atoms with Gasteiger partial charge in [-0.15, -0.1) is 0 Å². The lowest BCUT2D eigenvalue weighted by molar-refractivity contribution is 0.555. The summed E-state index contributed by atoms with van der Waals surface area (Å²) in [5.41, 5.74) is 0.508. The number of nitrogens with one attached hydrogen (secondary N) is 2. The summed E-state index contributed by atoms with van der Waals surface area (Å²) in [6.07, 6.45) is 1.16. The predicted octanol–water partition coefficient (Wildman–Crippen LogP) is 2.64. The van der Waals surface area contributed by atoms with Crippen LogP contribution in [0.4, 0.5) is 8.78 Å². The molecule has 0 aromatic heterocycles. The fraction of sp³-hybridized carbons (Fsp3) is 0.533. The molecule has 2 rings (SSSR count). The second-order valence-corrected chi connectivity index (χ2v) is 5.48. The number of guanidine groups is 1. The number of halogens is 2. The molecule has 0 aliphatic heterocycles. The minimum absolute atomic E-state index is 0.0641. The molecule has 5 heteroatoms. The Morgan fingerprint density at radius 3 is 2.70 bits per heavy atom. The molecule has 1 saturated carbocycles. The van der Waals surface area contributed by atoms with Gasteiger partial charge in [-0.3, -0.25) is 4.99 Å². The molecule has 0 bridgehead atoms. The van der Waals surface area contributed by atoms with Crippen LogP contribution < -0.4 is 10.6 Å². The average Bonchev–Trinajstić information content (AvgIpc) is 3.09. The van der Waals surface area contributed by atoms with E-state index in [2.05, 4.69) is 22.5 Å². The molecule has 20 heavy (non-hydrogen) atoms. The first-order valence-electron chi connectivity index (χ1n) is 6.93. The Bertz CT molecular complexity index is 502. The smallest absolute Gasteiger partial charge is 0.191 e. The van der Waals surface area contributed by atoms with Crippen LogP contribution in [0.3, 0.4) is 0 Å². The standard InChI is InChI=1S/C15H21F2N3/c1-9-6-14(9)20-15(18-3)19-8-10(2)12-5-4-11(16)7-13(12)17/h4-5,7,9-10,14H,6,8H2,1-3H3,(H2,18,19,20). The van der Waals surface area contributed by atoms with Crippen LogP contribution in [-0.2, 0) is 0 Å². The molecular weight excluding hydrogens is 260 g/mol. The number of aliphatic imine (C=N–C) groups is 1. The molecule has 110 valence electrons. The van der Waals surface area contributed by atoms with Crippen LogP contribution in [0.2, 0.25) is 0 Å². The van der Waals surface area contributed by atoms with E-state index < -0.39 is 11.6 Å². The molecule has 1 aromatic carbocycles. The van der Waals surface area contributed by atoms with Crippen LogP contribution >= 0.6 is 0 Å². The van der Waals surface area contributed by atoms with E-state index in [0.717, 1.165) is 18.4 Å². The van der Waals surface area contributed by atoms with Crippen molar-refractivity contribution in [3.8, 4) is 0 Å². The number of rotatable bonds is 4. The summed E-state index contributed by atoms with van der Waals surface area (Å²) in [6, 6.07) is 4.19. The summed E-state index contributed by atoms with van der Waals surface area (Å²) in [4.78, 5) is 4.15. The fourth-order valence-electron chi connectivity index (χ4n) is 2.15. The highest BCUT2D eigenvalue weighted by Crippen LogP contribution is 2.28. The molecule has 3 nitrogen and oxygen atoms in total. The second-order valence-electron chi connectivity index (χ2n) is 5.48. The predicted molar refractivity (Wildman–Crippen MR) is 76.8 cm³/mol. The van der Waals surface area contributed by atoms with Gasteiger partial charge in [0.25, 0.3) is 0 Å². The van der Waals surface area contributed by atoms with Gasteiger partial charge in [0.1, 0.15) is 11.6 Å². The molecule has 0 spiro atoms. The Kier molecular flexibility index (Phi) is 4.57. The quantitative estimate of drug-likeness (QED) is 0.657. The maximum absolute atomic E-state index is 13.7. The Morgan fingerprint density at radius 1 is 1.45 bits per heavy atom. The Balaban J connectivity index is 1.88. The lowest BCUT2D eigenvalue weighted by atomic mass is 10.0. The normalized spacial score (nSPS) is 23.4. The molecule has 1 aliphatic carbocycles. The largest absolute Gasteiger partial charge is 0.356 e. The third-order valence-electron chi connectivity index (χ3n) is 3.72. The van der Waals surface area contributed by atoms with Crippen molar-refractivity contribution in [2.45, 2.75) is 32.2 Å². The van der Waals surface area contributed by atoms with E-state index >= 15 is 0 Å². The van der Waals surface area contributed by atoms with Gasteiger partial charge in [-0.2, -0.15) is 0 Å². The van der Waals surface area contributed by atoms with Crippen molar-refractivity contribution in [2.24, 2.45) is 10.9 Å². The van der Waals surface area contributed by atoms with Gasteiger partial charge >= 0.3 is 0 Å². The van der Waals surface area contributed by atoms with Crippen molar-refractivity contribution >= 4 is 5.96 Å². The van der Waals surface area contributed by atoms with Gasteiger partial charge < -0.3 is 10.6 Å². The van der Waals surface area contributed by atoms with Crippen molar-refractivity contribution in [2.75, 3.05) is 13.6 Å². The topological polar surface area (TPSA) is 36.4 Å². The molecule has 3 atom stereocenters. The molecule has 0 heterocycles. The van der Waals surface area contributed by atoms with E-state index in [9.17, 15) is 8.78 Å². The van der Waals surface area contributed by atoms with Crippen LogP contribution in [0.15, 0.2) is 23.2 Å². The zero-order chi connectivity index (χ0) is 14.7. The van der Waals surface area contributed by atoms with E-state index in [1.54, 1.807) is 7.05 Å². The molecular formula is C15H21F2N3. The first kappa shape index (κ1) is 14.8. The van der Waals surface area contributed by atoms with Gasteiger partial charge in [0.05, 0.1) is 0 Å². The first-order valence-corrected chi connectivity index (χ1v) is 6.93. The summed E-state index contributed by atoms with van der Waals surface area (Å²) in [5, 5.41) is 6.49. The highest BCUT2D eigenvalue weighted by molar-refractivity contribution is 5.80. The van der Waals surface area contributed by atoms with Gasteiger partial charge in [-0.25, -0.2) is 8.78 Å². The minimum atomic E-state index is -0.549. The molecule has 1 fully saturated rings. The van der Waals surface area contributed by atoms with E-state index in [0.29, 0.717) is 24.1 Å². The number of benzene rings is 1. The minimum Gasteiger partial charge on any atom is -0.356 e. The van der Waals surface area contributed by atoms with Gasteiger partial charge in [0.2, 0.25) is 0 Å². The van der Waals surface area contributed by atoms with Crippen molar-refractivity contribution in [3.63, 3.8) is 0 Å². The third kappa shape index (κ3) is 3.68. The molecule has 1 aliphatic rings. The van der Waals surface area contributed by atoms with Crippen LogP contribution in [-0.4, -0.2) is 25.6 Å². The molecule has 2 N–H and O–H groups in total. The molecule has 0 radical (unpaired) electrons. The maximum atomic E-state index is 13.7. The summed E-state index contributed by atoms with van der Waals surface area (Å²) in [6.45, 7) is 4.63. The summed E-state index contributed by atoms with van der Waals surface area (Å²) < 4.78 is 26.5. The zero-order valence-electron chi connectivity index (χ0n) is 12.1. The van der Waals surface area contributed by atoms with Gasteiger partial charge in [0.15, 0.2) is 5.96 Å². The lowest BCUT2D eigenvalue weighted by Crippen LogP contribution is -2.40. The van der Waals surface area contributed by atoms with E-state index in [4.69, 9.17) is 0 Å². The number of nitrogens with zero attached hydrogens (tertiary/aromatic N) is 1. The monoisotopic (exact) mass is 281 g/mol. The molecule has 0 amide bonds. The molecule has 1 aromatic rings. The van der Waals surface area contributed by atoms with E-state index in [1.807, 2.05) is 6.92 Å². The van der Waals surface area contributed by atoms with Crippen molar-refractivity contribution in [1.82, 2.24) is 10.6 Å². The molecule has 3 unspecified atom stereocenters. The van der Waals surface area contributed by atoms with Gasteiger partial charge in [-0.1, -0.05) is 19.9 Å². The fourth-order valence-corrected chi connectivity index (χ4v) is 2.15. The third-order valence-corrected chi connectivity index (χ3v) is 3.72. The van der Waals surface area contributed by atoms with Gasteiger partial charge in [-0.05, 0) is 24.0 Å². The zero-order valence-corrected chi connectivity index (χ0v) is 12.1. The second kappa shape index (κ2) is 6.20.